The first-order valence-electron chi connectivity index (χ1n) is 24.3. The van der Waals surface area contributed by atoms with E-state index in [4.69, 9.17) is 97.1 Å². The van der Waals surface area contributed by atoms with E-state index in [0.717, 1.165) is 11.1 Å². The van der Waals surface area contributed by atoms with Crippen molar-refractivity contribution in [1.29, 1.82) is 5.41 Å². The third-order valence-electron chi connectivity index (χ3n) is 13.9. The van der Waals surface area contributed by atoms with E-state index < -0.39 is 119 Å². The molecule has 24 heteroatoms. The molecule has 6 rings (SSSR count). The molecular weight excluding hydrogens is 1020 g/mol. The van der Waals surface area contributed by atoms with Crippen molar-refractivity contribution in [3.63, 3.8) is 0 Å². The lowest BCUT2D eigenvalue weighted by atomic mass is 9.85. The Morgan fingerprint density at radius 2 is 1.00 bits per heavy atom. The molecule has 9 unspecified atom stereocenters. The molecule has 1 N–H and O–H groups in total. The topological polar surface area (TPSA) is 266 Å². The van der Waals surface area contributed by atoms with E-state index in [1.165, 1.54) is 13.8 Å². The molecule has 4 saturated heterocycles. The number of hydrogen-bond acceptors (Lipinski definition) is 17. The number of nitrogens with zero attached hydrogens (tertiary/aromatic N) is 6. The Balaban J connectivity index is 1.27. The zero-order valence-electron chi connectivity index (χ0n) is 42.2. The summed E-state index contributed by atoms with van der Waals surface area (Å²) < 4.78 is 74.0. The lowest BCUT2D eigenvalue weighted by Gasteiger charge is -2.51. The SMILES string of the molecule is CC(=O)OCC1OC(OC(=N)C(Cl)(Cl)Cl)C(N=[N+]=[N-])[C@@H](C)[C@@H]1O[C@@H]1OC(C)[C@@H](O[C@H]2OC(COC(C)=O)[C@@H](O[C@@H]3OC(C)[C@@H](C)[C@@H](OCc4ccccc4)C3C)[C@H](C)C2N=[N+]=[N-])[C@@H](OCc2ccccc2)C1C. The van der Waals surface area contributed by atoms with Gasteiger partial charge in [0.25, 0.3) is 3.79 Å². The number of nitrogens with one attached hydrogen (secondary N) is 1. The Labute approximate surface area is 440 Å². The molecule has 20 atom stereocenters. The molecule has 4 fully saturated rings. The maximum Gasteiger partial charge on any atom is 0.302 e. The van der Waals surface area contributed by atoms with Gasteiger partial charge in [-0.25, -0.2) is 0 Å². The molecular formula is C49H66Cl3N7O14. The highest BCUT2D eigenvalue weighted by molar-refractivity contribution is 6.76. The summed E-state index contributed by atoms with van der Waals surface area (Å²) in [6, 6.07) is 17.2. The summed E-state index contributed by atoms with van der Waals surface area (Å²) in [6.07, 6.45) is -11.4. The predicted octanol–water partition coefficient (Wildman–Crippen LogP) is 9.28. The lowest BCUT2D eigenvalue weighted by molar-refractivity contribution is -0.360. The zero-order chi connectivity index (χ0) is 53.1. The number of ether oxygens (including phenoxy) is 12. The van der Waals surface area contributed by atoms with Crippen molar-refractivity contribution in [2.75, 3.05) is 13.2 Å². The molecule has 0 radical (unpaired) electrons. The van der Waals surface area contributed by atoms with E-state index in [1.807, 2.05) is 88.4 Å². The van der Waals surface area contributed by atoms with Gasteiger partial charge in [0.1, 0.15) is 37.6 Å². The molecule has 4 heterocycles. The largest absolute Gasteiger partial charge is 0.463 e. The van der Waals surface area contributed by atoms with Gasteiger partial charge in [0.15, 0.2) is 18.9 Å². The van der Waals surface area contributed by atoms with Crippen LogP contribution in [0.2, 0.25) is 0 Å². The molecule has 4 aliphatic heterocycles. The van der Waals surface area contributed by atoms with Crippen LogP contribution in [0.3, 0.4) is 0 Å². The van der Waals surface area contributed by atoms with Crippen LogP contribution in [0.5, 0.6) is 0 Å². The average Bonchev–Trinajstić information content (AvgIpc) is 3.34. The molecule has 0 amide bonds. The average molecular weight is 1080 g/mol. The maximum absolute atomic E-state index is 12.3. The normalized spacial score (nSPS) is 36.7. The number of azide groups is 2. The first-order chi connectivity index (χ1) is 34.7. The van der Waals surface area contributed by atoms with Crippen molar-refractivity contribution in [2.45, 2.75) is 171 Å². The summed E-state index contributed by atoms with van der Waals surface area (Å²) >= 11 is 17.8. The number of carbonyl (C=O) groups excluding carboxylic acids is 2. The third kappa shape index (κ3) is 15.1. The van der Waals surface area contributed by atoms with Crippen molar-refractivity contribution in [3.05, 3.63) is 92.7 Å². The highest BCUT2D eigenvalue weighted by Gasteiger charge is 2.54. The van der Waals surface area contributed by atoms with Gasteiger partial charge in [-0.3, -0.25) is 15.0 Å². The van der Waals surface area contributed by atoms with E-state index in [9.17, 15) is 20.7 Å². The van der Waals surface area contributed by atoms with Gasteiger partial charge in [-0.1, -0.05) is 140 Å². The number of benzene rings is 2. The Morgan fingerprint density at radius 1 is 0.575 bits per heavy atom. The molecule has 0 spiro atoms. The molecule has 2 aromatic carbocycles. The van der Waals surface area contributed by atoms with Gasteiger partial charge < -0.3 is 56.8 Å². The number of hydrogen-bond donors (Lipinski definition) is 1. The molecule has 0 aliphatic carbocycles. The summed E-state index contributed by atoms with van der Waals surface area (Å²) in [5.41, 5.74) is 21.5. The van der Waals surface area contributed by atoms with Crippen LogP contribution in [0.15, 0.2) is 70.9 Å². The van der Waals surface area contributed by atoms with Gasteiger partial charge in [-0.2, -0.15) is 0 Å². The fraction of sp³-hybridized carbons (Fsp3) is 0.694. The van der Waals surface area contributed by atoms with Crippen molar-refractivity contribution < 1.29 is 66.4 Å². The minimum Gasteiger partial charge on any atom is -0.463 e. The Morgan fingerprint density at radius 3 is 1.47 bits per heavy atom. The van der Waals surface area contributed by atoms with Crippen LogP contribution >= 0.6 is 34.8 Å². The standard InChI is InChI=1S/C49H66Cl3N7O14/c1-24-29(6)66-44(27(4)39(24)64-20-33-16-12-10-13-17-33)70-40-25(2)37(56-58-54)46(68-35(40)22-62-31(8)60)72-43-30(7)67-45(28(5)42(43)65-21-34-18-14-11-15-19-34)71-41-26(3)38(57-59-55)47(73-48(53)49(50,51)52)69-36(41)23-63-32(9)61/h10-19,24-30,35-47,53H,20-23H2,1-9H3/t24-,25-,26-,27?,28?,29?,30?,35?,36?,37?,38?,39-,40+,41+,42+,43-,44+,45+,46-,47?/m1/s1. The number of alkyl halides is 3. The van der Waals surface area contributed by atoms with E-state index in [-0.39, 0.29) is 43.9 Å². The second-order valence-corrected chi connectivity index (χ2v) is 21.3. The smallest absolute Gasteiger partial charge is 0.302 e. The Hall–Kier alpha value is -4.02. The highest BCUT2D eigenvalue weighted by atomic mass is 35.6. The summed E-state index contributed by atoms with van der Waals surface area (Å²) in [5.74, 6) is -4.18. The first kappa shape index (κ1) is 58.2. The van der Waals surface area contributed by atoms with Gasteiger partial charge in [-0.05, 0) is 47.9 Å². The van der Waals surface area contributed by atoms with Crippen molar-refractivity contribution in [3.8, 4) is 0 Å². The van der Waals surface area contributed by atoms with Gasteiger partial charge in [0.05, 0.1) is 55.9 Å². The maximum atomic E-state index is 12.3. The minimum atomic E-state index is -2.27. The van der Waals surface area contributed by atoms with Crippen LogP contribution in [-0.4, -0.2) is 127 Å². The van der Waals surface area contributed by atoms with Gasteiger partial charge in [0, 0.05) is 41.4 Å². The molecule has 73 heavy (non-hydrogen) atoms. The van der Waals surface area contributed by atoms with Crippen molar-refractivity contribution >= 4 is 52.6 Å². The summed E-state index contributed by atoms with van der Waals surface area (Å²) in [5, 5.41) is 16.3. The minimum absolute atomic E-state index is 0.0216. The van der Waals surface area contributed by atoms with Crippen LogP contribution in [0.1, 0.15) is 73.4 Å². The number of halogens is 3. The van der Waals surface area contributed by atoms with Gasteiger partial charge in [0.2, 0.25) is 12.2 Å². The van der Waals surface area contributed by atoms with Crippen LogP contribution in [-0.2, 0) is 79.6 Å². The zero-order valence-corrected chi connectivity index (χ0v) is 44.4. The summed E-state index contributed by atoms with van der Waals surface area (Å²) in [6.45, 7) is 15.7. The van der Waals surface area contributed by atoms with Crippen LogP contribution < -0.4 is 0 Å². The molecule has 0 bridgehead atoms. The number of rotatable bonds is 19. The molecule has 21 nitrogen and oxygen atoms in total. The second-order valence-electron chi connectivity index (χ2n) is 19.1. The van der Waals surface area contributed by atoms with Gasteiger partial charge >= 0.3 is 11.9 Å². The first-order valence-corrected chi connectivity index (χ1v) is 25.4. The monoisotopic (exact) mass is 1080 g/mol. The number of carbonyl (C=O) groups is 2. The summed E-state index contributed by atoms with van der Waals surface area (Å²) in [4.78, 5) is 30.6. The van der Waals surface area contributed by atoms with Crippen molar-refractivity contribution in [2.24, 2.45) is 39.8 Å². The van der Waals surface area contributed by atoms with E-state index in [1.54, 1.807) is 13.8 Å². The quantitative estimate of drug-likeness (QED) is 0.0261. The summed E-state index contributed by atoms with van der Waals surface area (Å²) in [7, 11) is 0. The lowest BCUT2D eigenvalue weighted by Crippen LogP contribution is -2.63. The fourth-order valence-electron chi connectivity index (χ4n) is 9.69. The Bertz CT molecular complexity index is 2230. The highest BCUT2D eigenvalue weighted by Crippen LogP contribution is 2.42. The predicted molar refractivity (Wildman–Crippen MR) is 265 cm³/mol. The fourth-order valence-corrected chi connectivity index (χ4v) is 9.82. The molecule has 0 aromatic heterocycles. The van der Waals surface area contributed by atoms with E-state index in [2.05, 4.69) is 27.0 Å². The van der Waals surface area contributed by atoms with Crippen LogP contribution in [0.4, 0.5) is 0 Å². The second kappa shape index (κ2) is 26.6. The van der Waals surface area contributed by atoms with Gasteiger partial charge in [-0.15, -0.1) is 0 Å². The van der Waals surface area contributed by atoms with Crippen LogP contribution in [0, 0.1) is 35.0 Å². The van der Waals surface area contributed by atoms with Crippen LogP contribution in [0.25, 0.3) is 20.9 Å². The van der Waals surface area contributed by atoms with E-state index in [0.29, 0.717) is 6.61 Å². The molecule has 0 saturated carbocycles. The Kier molecular flexibility index (Phi) is 21.3. The van der Waals surface area contributed by atoms with E-state index >= 15 is 0 Å². The number of esters is 2. The molecule has 402 valence electrons. The van der Waals surface area contributed by atoms with Crippen molar-refractivity contribution in [1.82, 2.24) is 0 Å². The molecule has 4 aliphatic rings. The third-order valence-corrected chi connectivity index (χ3v) is 14.4. The molecule has 2 aromatic rings.